The van der Waals surface area contributed by atoms with Gasteiger partial charge in [0.15, 0.2) is 5.65 Å². The van der Waals surface area contributed by atoms with Gasteiger partial charge in [0.2, 0.25) is 0 Å². The van der Waals surface area contributed by atoms with Crippen LogP contribution in [0.3, 0.4) is 0 Å². The van der Waals surface area contributed by atoms with Crippen LogP contribution in [0.15, 0.2) is 36.9 Å². The summed E-state index contributed by atoms with van der Waals surface area (Å²) in [5.74, 6) is -0.220. The van der Waals surface area contributed by atoms with E-state index in [-0.39, 0.29) is 11.9 Å². The van der Waals surface area contributed by atoms with Crippen LogP contribution in [0.5, 0.6) is 0 Å². The molecule has 9 nitrogen and oxygen atoms in total. The molecule has 4 aromatic rings. The summed E-state index contributed by atoms with van der Waals surface area (Å²) in [6, 6.07) is 3.61. The van der Waals surface area contributed by atoms with Crippen molar-refractivity contribution in [3.05, 3.63) is 53.9 Å². The van der Waals surface area contributed by atoms with Crippen LogP contribution in [0.25, 0.3) is 16.9 Å². The van der Waals surface area contributed by atoms with Crippen LogP contribution in [0.1, 0.15) is 48.6 Å². The van der Waals surface area contributed by atoms with E-state index < -0.39 is 0 Å². The van der Waals surface area contributed by atoms with Gasteiger partial charge in [-0.2, -0.15) is 15.3 Å². The molecule has 1 N–H and O–H groups in total. The summed E-state index contributed by atoms with van der Waals surface area (Å²) in [7, 11) is 0. The second-order valence-electron chi connectivity index (χ2n) is 6.87. The van der Waals surface area contributed by atoms with E-state index in [2.05, 4.69) is 25.6 Å². The van der Waals surface area contributed by atoms with Crippen molar-refractivity contribution in [2.45, 2.75) is 46.8 Å². The van der Waals surface area contributed by atoms with Crippen LogP contribution in [0, 0.1) is 6.92 Å². The van der Waals surface area contributed by atoms with E-state index in [0.29, 0.717) is 11.2 Å². The zero-order valence-electron chi connectivity index (χ0n) is 17.0. The Labute approximate surface area is 168 Å². The summed E-state index contributed by atoms with van der Waals surface area (Å²) in [5, 5.41) is 16.2. The molecule has 1 unspecified atom stereocenters. The summed E-state index contributed by atoms with van der Waals surface area (Å²) in [6.07, 6.45) is 6.98. The Morgan fingerprint density at radius 3 is 2.72 bits per heavy atom. The van der Waals surface area contributed by atoms with Gasteiger partial charge in [-0.05, 0) is 39.8 Å². The highest BCUT2D eigenvalue weighted by Crippen LogP contribution is 2.24. The lowest BCUT2D eigenvalue weighted by molar-refractivity contribution is 0.0939. The fourth-order valence-electron chi connectivity index (χ4n) is 3.51. The third-order valence-corrected chi connectivity index (χ3v) is 5.03. The smallest absolute Gasteiger partial charge is 0.257 e. The van der Waals surface area contributed by atoms with Gasteiger partial charge >= 0.3 is 0 Å². The van der Waals surface area contributed by atoms with Crippen molar-refractivity contribution < 1.29 is 4.79 Å². The summed E-state index contributed by atoms with van der Waals surface area (Å²) < 4.78 is 5.44. The summed E-state index contributed by atoms with van der Waals surface area (Å²) >= 11 is 0. The number of carbonyl (C=O) groups excluding carboxylic acids is 1. The predicted octanol–water partition coefficient (Wildman–Crippen LogP) is 2.63. The van der Waals surface area contributed by atoms with Crippen molar-refractivity contribution in [1.82, 2.24) is 39.5 Å². The first-order valence-corrected chi connectivity index (χ1v) is 9.73. The first-order chi connectivity index (χ1) is 14.0. The van der Waals surface area contributed by atoms with Crippen molar-refractivity contribution in [2.24, 2.45) is 0 Å². The van der Waals surface area contributed by atoms with Gasteiger partial charge in [0.05, 0.1) is 29.3 Å². The normalized spacial score (nSPS) is 12.4. The van der Waals surface area contributed by atoms with Gasteiger partial charge in [0.1, 0.15) is 5.56 Å². The van der Waals surface area contributed by atoms with E-state index in [9.17, 15) is 4.79 Å². The number of hydrogen-bond acceptors (Lipinski definition) is 5. The largest absolute Gasteiger partial charge is 0.344 e. The Morgan fingerprint density at radius 1 is 1.17 bits per heavy atom. The fourth-order valence-corrected chi connectivity index (χ4v) is 3.51. The van der Waals surface area contributed by atoms with E-state index in [1.807, 2.05) is 55.4 Å². The van der Waals surface area contributed by atoms with Gasteiger partial charge in [-0.1, -0.05) is 0 Å². The number of carbonyl (C=O) groups is 1. The number of aryl methyl sites for hydroxylation is 3. The van der Waals surface area contributed by atoms with Gasteiger partial charge < -0.3 is 5.32 Å². The van der Waals surface area contributed by atoms with E-state index >= 15 is 0 Å². The number of aromatic nitrogens is 7. The minimum atomic E-state index is -0.220. The fraction of sp³-hybridized carbons (Fsp3) is 0.350. The van der Waals surface area contributed by atoms with Crippen LogP contribution in [-0.4, -0.2) is 40.1 Å². The van der Waals surface area contributed by atoms with Crippen molar-refractivity contribution in [3.8, 4) is 11.3 Å². The molecule has 0 aromatic carbocycles. The summed E-state index contributed by atoms with van der Waals surface area (Å²) in [6.45, 7) is 9.49. The molecule has 4 rings (SSSR count). The van der Waals surface area contributed by atoms with E-state index in [1.165, 1.54) is 0 Å². The van der Waals surface area contributed by atoms with Crippen LogP contribution in [0.2, 0.25) is 0 Å². The maximum Gasteiger partial charge on any atom is 0.257 e. The first kappa shape index (κ1) is 18.9. The molecular weight excluding hydrogens is 368 g/mol. The van der Waals surface area contributed by atoms with E-state index in [4.69, 9.17) is 0 Å². The van der Waals surface area contributed by atoms with Gasteiger partial charge in [0, 0.05) is 37.2 Å². The molecule has 0 aliphatic carbocycles. The lowest BCUT2D eigenvalue weighted by Crippen LogP contribution is -2.28. The Bertz CT molecular complexity index is 1170. The maximum absolute atomic E-state index is 12.9. The second-order valence-corrected chi connectivity index (χ2v) is 6.87. The van der Waals surface area contributed by atoms with E-state index in [1.54, 1.807) is 23.1 Å². The average Bonchev–Trinajstić information content (AvgIpc) is 3.44. The molecule has 150 valence electrons. The highest BCUT2D eigenvalue weighted by molar-refractivity contribution is 6.00. The molecule has 0 bridgehead atoms. The SMILES string of the molecule is CCn1cc(-c2ccnc3c(C(=O)NC(C)c4ccnn4CC)cnn23)c(C)n1. The number of fused-ring (bicyclic) bond motifs is 1. The third kappa shape index (κ3) is 3.28. The monoisotopic (exact) mass is 392 g/mol. The molecular formula is C20H24N8O. The lowest BCUT2D eigenvalue weighted by Gasteiger charge is -2.14. The lowest BCUT2D eigenvalue weighted by atomic mass is 10.2. The molecule has 1 amide bonds. The number of nitrogens with one attached hydrogen (secondary N) is 1. The maximum atomic E-state index is 12.9. The van der Waals surface area contributed by atoms with Crippen molar-refractivity contribution in [2.75, 3.05) is 0 Å². The highest BCUT2D eigenvalue weighted by atomic mass is 16.1. The topological polar surface area (TPSA) is 94.9 Å². The molecule has 1 atom stereocenters. The quantitative estimate of drug-likeness (QED) is 0.544. The van der Waals surface area contributed by atoms with Crippen LogP contribution in [0.4, 0.5) is 0 Å². The average molecular weight is 392 g/mol. The Balaban J connectivity index is 1.67. The first-order valence-electron chi connectivity index (χ1n) is 9.73. The Kier molecular flexibility index (Phi) is 4.87. The van der Waals surface area contributed by atoms with Gasteiger partial charge in [0.25, 0.3) is 5.91 Å². The molecule has 9 heteroatoms. The summed E-state index contributed by atoms with van der Waals surface area (Å²) in [4.78, 5) is 17.3. The number of nitrogens with zero attached hydrogens (tertiary/aromatic N) is 7. The molecule has 0 fully saturated rings. The Hall–Kier alpha value is -3.49. The molecule has 0 radical (unpaired) electrons. The minimum absolute atomic E-state index is 0.187. The van der Waals surface area contributed by atoms with Crippen LogP contribution < -0.4 is 5.32 Å². The predicted molar refractivity (Wildman–Crippen MR) is 108 cm³/mol. The number of hydrogen-bond donors (Lipinski definition) is 1. The number of rotatable bonds is 6. The molecule has 0 spiro atoms. The van der Waals surface area contributed by atoms with Crippen molar-refractivity contribution in [1.29, 1.82) is 0 Å². The molecule has 4 heterocycles. The third-order valence-electron chi connectivity index (χ3n) is 5.03. The molecule has 29 heavy (non-hydrogen) atoms. The number of amides is 1. The van der Waals surface area contributed by atoms with E-state index in [0.717, 1.165) is 35.7 Å². The molecule has 0 aliphatic heterocycles. The van der Waals surface area contributed by atoms with Gasteiger partial charge in [-0.15, -0.1) is 0 Å². The molecule has 0 aliphatic rings. The zero-order chi connectivity index (χ0) is 20.5. The summed E-state index contributed by atoms with van der Waals surface area (Å²) in [5.41, 5.74) is 4.62. The minimum Gasteiger partial charge on any atom is -0.344 e. The standard InChI is InChI=1S/C20H24N8O/c1-5-26-12-16(13(3)25-26)18-7-9-21-19-15(11-23-28(18)19)20(29)24-14(4)17-8-10-22-27(17)6-2/h7-12,14H,5-6H2,1-4H3,(H,24,29). The highest BCUT2D eigenvalue weighted by Gasteiger charge is 2.20. The molecule has 0 saturated carbocycles. The zero-order valence-corrected chi connectivity index (χ0v) is 17.0. The Morgan fingerprint density at radius 2 is 2.00 bits per heavy atom. The van der Waals surface area contributed by atoms with Crippen molar-refractivity contribution in [3.63, 3.8) is 0 Å². The molecule has 0 saturated heterocycles. The van der Waals surface area contributed by atoms with Gasteiger partial charge in [-0.25, -0.2) is 9.50 Å². The van der Waals surface area contributed by atoms with Crippen LogP contribution >= 0.6 is 0 Å². The van der Waals surface area contributed by atoms with Crippen LogP contribution in [-0.2, 0) is 13.1 Å². The molecule has 4 aromatic heterocycles. The second kappa shape index (κ2) is 7.50. The van der Waals surface area contributed by atoms with Gasteiger partial charge in [-0.3, -0.25) is 14.2 Å². The van der Waals surface area contributed by atoms with Crippen molar-refractivity contribution >= 4 is 11.6 Å².